The van der Waals surface area contributed by atoms with Gasteiger partial charge in [-0.05, 0) is 55.2 Å². The van der Waals surface area contributed by atoms with Gasteiger partial charge in [0.05, 0.1) is 14.2 Å². The van der Waals surface area contributed by atoms with Crippen molar-refractivity contribution in [1.82, 2.24) is 0 Å². The number of benzene rings is 2. The van der Waals surface area contributed by atoms with Crippen LogP contribution in [-0.2, 0) is 4.79 Å². The molecule has 0 amide bonds. The van der Waals surface area contributed by atoms with Gasteiger partial charge in [0, 0.05) is 22.8 Å². The largest absolute Gasteiger partial charge is 0.497 e. The van der Waals surface area contributed by atoms with E-state index < -0.39 is 0 Å². The molecule has 0 N–H and O–H groups in total. The van der Waals surface area contributed by atoms with E-state index in [1.165, 1.54) is 6.07 Å². The van der Waals surface area contributed by atoms with E-state index in [0.29, 0.717) is 41.1 Å². The molecule has 0 saturated heterocycles. The molecule has 26 heavy (non-hydrogen) atoms. The minimum absolute atomic E-state index is 0.0266. The zero-order chi connectivity index (χ0) is 18.5. The van der Waals surface area contributed by atoms with Crippen molar-refractivity contribution in [3.63, 3.8) is 0 Å². The van der Waals surface area contributed by atoms with Crippen LogP contribution in [0.4, 0.5) is 4.39 Å². The Morgan fingerprint density at radius 2 is 1.54 bits per heavy atom. The highest BCUT2D eigenvalue weighted by Crippen LogP contribution is 2.30. The van der Waals surface area contributed by atoms with Gasteiger partial charge in [0.2, 0.25) is 0 Å². The van der Waals surface area contributed by atoms with Gasteiger partial charge >= 0.3 is 0 Å². The standard InChI is InChI=1S/C22H21FO3/c1-25-19-11-15(12-20(14-19)26-2)10-17-7-5-8-18(22(17)24)13-16-6-3-4-9-21(16)23/h3-4,6,9-14H,5,7-8H2,1-2H3. The van der Waals surface area contributed by atoms with Gasteiger partial charge in [0.25, 0.3) is 0 Å². The lowest BCUT2D eigenvalue weighted by atomic mass is 9.87. The fourth-order valence-corrected chi connectivity index (χ4v) is 3.07. The summed E-state index contributed by atoms with van der Waals surface area (Å²) in [6, 6.07) is 12.0. The summed E-state index contributed by atoms with van der Waals surface area (Å²) in [5, 5.41) is 0. The third-order valence-electron chi connectivity index (χ3n) is 4.43. The van der Waals surface area contributed by atoms with Gasteiger partial charge < -0.3 is 9.47 Å². The molecule has 0 aliphatic heterocycles. The lowest BCUT2D eigenvalue weighted by Crippen LogP contribution is -2.12. The van der Waals surface area contributed by atoms with Gasteiger partial charge in [0.15, 0.2) is 5.78 Å². The number of ketones is 1. The van der Waals surface area contributed by atoms with Crippen molar-refractivity contribution >= 4 is 17.9 Å². The number of carbonyl (C=O) groups is 1. The molecule has 1 aliphatic carbocycles. The molecular weight excluding hydrogens is 331 g/mol. The highest BCUT2D eigenvalue weighted by atomic mass is 19.1. The summed E-state index contributed by atoms with van der Waals surface area (Å²) in [6.07, 6.45) is 5.75. The molecule has 0 atom stereocenters. The lowest BCUT2D eigenvalue weighted by molar-refractivity contribution is -0.112. The van der Waals surface area contributed by atoms with Crippen LogP contribution < -0.4 is 9.47 Å². The highest BCUT2D eigenvalue weighted by molar-refractivity contribution is 6.14. The van der Waals surface area contributed by atoms with Crippen LogP contribution >= 0.6 is 0 Å². The molecule has 134 valence electrons. The number of hydrogen-bond acceptors (Lipinski definition) is 3. The number of allylic oxidation sites excluding steroid dienone is 2. The van der Waals surface area contributed by atoms with Crippen molar-refractivity contribution in [2.75, 3.05) is 14.2 Å². The van der Waals surface area contributed by atoms with Crippen LogP contribution in [0.3, 0.4) is 0 Å². The van der Waals surface area contributed by atoms with Crippen LogP contribution in [-0.4, -0.2) is 20.0 Å². The zero-order valence-corrected chi connectivity index (χ0v) is 14.9. The third kappa shape index (κ3) is 4.02. The van der Waals surface area contributed by atoms with Crippen LogP contribution in [0.2, 0.25) is 0 Å². The van der Waals surface area contributed by atoms with Crippen LogP contribution in [0.25, 0.3) is 12.2 Å². The molecule has 0 bridgehead atoms. The number of hydrogen-bond donors (Lipinski definition) is 0. The number of halogens is 1. The zero-order valence-electron chi connectivity index (χ0n) is 14.9. The topological polar surface area (TPSA) is 35.5 Å². The first-order valence-corrected chi connectivity index (χ1v) is 8.54. The first-order valence-electron chi connectivity index (χ1n) is 8.54. The van der Waals surface area contributed by atoms with E-state index in [9.17, 15) is 9.18 Å². The Balaban J connectivity index is 1.93. The van der Waals surface area contributed by atoms with E-state index in [1.54, 1.807) is 44.6 Å². The quantitative estimate of drug-likeness (QED) is 0.721. The molecule has 0 unspecified atom stereocenters. The van der Waals surface area contributed by atoms with E-state index >= 15 is 0 Å². The molecule has 2 aromatic rings. The molecule has 0 aromatic heterocycles. The Kier molecular flexibility index (Phi) is 5.52. The monoisotopic (exact) mass is 352 g/mol. The molecule has 1 saturated carbocycles. The Bertz CT molecular complexity index is 858. The summed E-state index contributed by atoms with van der Waals surface area (Å²) in [7, 11) is 3.18. The van der Waals surface area contributed by atoms with Crippen molar-refractivity contribution in [3.05, 3.63) is 70.6 Å². The molecule has 2 aromatic carbocycles. The Morgan fingerprint density at radius 1 is 0.923 bits per heavy atom. The molecular formula is C22H21FO3. The summed E-state index contributed by atoms with van der Waals surface area (Å²) >= 11 is 0. The Morgan fingerprint density at radius 3 is 2.15 bits per heavy atom. The number of carbonyl (C=O) groups excluding carboxylic acids is 1. The molecule has 0 radical (unpaired) electrons. The summed E-state index contributed by atoms with van der Waals surface area (Å²) < 4.78 is 24.4. The van der Waals surface area contributed by atoms with E-state index in [0.717, 1.165) is 12.0 Å². The second-order valence-electron chi connectivity index (χ2n) is 6.19. The van der Waals surface area contributed by atoms with Crippen LogP contribution in [0.5, 0.6) is 11.5 Å². The van der Waals surface area contributed by atoms with Gasteiger partial charge in [-0.25, -0.2) is 4.39 Å². The second kappa shape index (κ2) is 8.00. The summed E-state index contributed by atoms with van der Waals surface area (Å²) in [4.78, 5) is 12.8. The maximum absolute atomic E-state index is 13.9. The fraction of sp³-hybridized carbons (Fsp3) is 0.227. The SMILES string of the molecule is COc1cc(C=C2CCCC(=Cc3ccccc3F)C2=O)cc(OC)c1. The molecule has 1 fully saturated rings. The maximum Gasteiger partial charge on any atom is 0.185 e. The molecule has 3 nitrogen and oxygen atoms in total. The maximum atomic E-state index is 13.9. The van der Waals surface area contributed by atoms with Gasteiger partial charge in [-0.15, -0.1) is 0 Å². The van der Waals surface area contributed by atoms with Crippen molar-refractivity contribution < 1.29 is 18.7 Å². The third-order valence-corrected chi connectivity index (χ3v) is 4.43. The average molecular weight is 352 g/mol. The lowest BCUT2D eigenvalue weighted by Gasteiger charge is -2.17. The highest BCUT2D eigenvalue weighted by Gasteiger charge is 2.21. The Labute approximate surface area is 152 Å². The van der Waals surface area contributed by atoms with E-state index in [2.05, 4.69) is 0 Å². The van der Waals surface area contributed by atoms with Gasteiger partial charge in [-0.1, -0.05) is 18.2 Å². The molecule has 3 rings (SSSR count). The van der Waals surface area contributed by atoms with E-state index in [-0.39, 0.29) is 11.6 Å². The number of ether oxygens (including phenoxy) is 2. The predicted molar refractivity (Wildman–Crippen MR) is 101 cm³/mol. The van der Waals surface area contributed by atoms with Crippen molar-refractivity contribution in [1.29, 1.82) is 0 Å². The van der Waals surface area contributed by atoms with Crippen molar-refractivity contribution in [2.24, 2.45) is 0 Å². The minimum Gasteiger partial charge on any atom is -0.497 e. The smallest absolute Gasteiger partial charge is 0.185 e. The second-order valence-corrected chi connectivity index (χ2v) is 6.19. The molecule has 1 aliphatic rings. The number of rotatable bonds is 4. The fourth-order valence-electron chi connectivity index (χ4n) is 3.07. The van der Waals surface area contributed by atoms with Crippen molar-refractivity contribution in [2.45, 2.75) is 19.3 Å². The van der Waals surface area contributed by atoms with Gasteiger partial charge in [0.1, 0.15) is 17.3 Å². The van der Waals surface area contributed by atoms with Gasteiger partial charge in [-0.2, -0.15) is 0 Å². The summed E-state index contributed by atoms with van der Waals surface area (Å²) in [5.41, 5.74) is 2.65. The normalized spacial score (nSPS) is 17.6. The summed E-state index contributed by atoms with van der Waals surface area (Å²) in [6.45, 7) is 0. The van der Waals surface area contributed by atoms with E-state index in [4.69, 9.17) is 9.47 Å². The minimum atomic E-state index is -0.318. The van der Waals surface area contributed by atoms with Gasteiger partial charge in [-0.3, -0.25) is 4.79 Å². The first kappa shape index (κ1) is 17.9. The molecule has 0 heterocycles. The predicted octanol–water partition coefficient (Wildman–Crippen LogP) is 5.06. The molecule has 4 heteroatoms. The van der Waals surface area contributed by atoms with Crippen LogP contribution in [0, 0.1) is 5.82 Å². The Hall–Kier alpha value is -2.88. The van der Waals surface area contributed by atoms with Crippen LogP contribution in [0.1, 0.15) is 30.4 Å². The number of Topliss-reactive ketones (excluding diaryl/α,β-unsaturated/α-hetero) is 1. The van der Waals surface area contributed by atoms with Crippen molar-refractivity contribution in [3.8, 4) is 11.5 Å². The van der Waals surface area contributed by atoms with E-state index in [1.807, 2.05) is 18.2 Å². The first-order chi connectivity index (χ1) is 12.6. The molecule has 0 spiro atoms. The number of methoxy groups -OCH3 is 2. The average Bonchev–Trinajstić information content (AvgIpc) is 2.66. The van der Waals surface area contributed by atoms with Crippen LogP contribution in [0.15, 0.2) is 53.6 Å². The summed E-state index contributed by atoms with van der Waals surface area (Å²) in [5.74, 6) is 0.992.